The first-order valence-corrected chi connectivity index (χ1v) is 16.1. The van der Waals surface area contributed by atoms with Crippen molar-refractivity contribution in [3.05, 3.63) is 81.9 Å². The van der Waals surface area contributed by atoms with Crippen LogP contribution in [0.3, 0.4) is 0 Å². The number of carbonyl (C=O) groups is 2. The first-order chi connectivity index (χ1) is 20.3. The Morgan fingerprint density at radius 3 is 2.40 bits per heavy atom. The van der Waals surface area contributed by atoms with Crippen molar-refractivity contribution in [3.63, 3.8) is 0 Å². The predicted molar refractivity (Wildman–Crippen MR) is 171 cm³/mol. The summed E-state index contributed by atoms with van der Waals surface area (Å²) in [7, 11) is 1.83. The molecular weight excluding hydrogens is 558 g/mol. The van der Waals surface area contributed by atoms with Crippen LogP contribution in [-0.2, 0) is 23.2 Å². The summed E-state index contributed by atoms with van der Waals surface area (Å²) in [6, 6.07) is 17.6. The average molecular weight is 604 g/mol. The van der Waals surface area contributed by atoms with Crippen LogP contribution in [0.1, 0.15) is 91.9 Å². The summed E-state index contributed by atoms with van der Waals surface area (Å²) in [5, 5.41) is 25.2. The number of benzene rings is 2. The van der Waals surface area contributed by atoms with Crippen LogP contribution < -0.4 is 5.32 Å². The Labute approximate surface area is 259 Å². The number of nitrogens with zero attached hydrogens (tertiary/aromatic N) is 2. The summed E-state index contributed by atoms with van der Waals surface area (Å²) >= 11 is 1.44. The molecule has 2 aliphatic rings. The van der Waals surface area contributed by atoms with Crippen LogP contribution >= 0.6 is 11.3 Å². The van der Waals surface area contributed by atoms with E-state index in [1.807, 2.05) is 68.6 Å². The highest BCUT2D eigenvalue weighted by Gasteiger charge is 2.59. The third-order valence-corrected chi connectivity index (χ3v) is 11.2. The second kappa shape index (κ2) is 11.8. The number of aliphatic hydroxyl groups is 2. The summed E-state index contributed by atoms with van der Waals surface area (Å²) in [6.07, 6.45) is 1.57. The van der Waals surface area contributed by atoms with Gasteiger partial charge in [-0.25, -0.2) is 4.98 Å². The minimum Gasteiger partial charge on any atom is -0.396 e. The highest BCUT2D eigenvalue weighted by molar-refractivity contribution is 7.15. The molecule has 8 heteroatoms. The van der Waals surface area contributed by atoms with Crippen molar-refractivity contribution in [1.82, 2.24) is 9.88 Å². The molecule has 3 N–H and O–H groups in total. The fourth-order valence-electron chi connectivity index (χ4n) is 7.27. The van der Waals surface area contributed by atoms with Gasteiger partial charge in [0.25, 0.3) is 5.91 Å². The van der Waals surface area contributed by atoms with Gasteiger partial charge < -0.3 is 15.1 Å². The summed E-state index contributed by atoms with van der Waals surface area (Å²) in [4.78, 5) is 34.7. The molecule has 1 heterocycles. The maximum absolute atomic E-state index is 13.7. The van der Waals surface area contributed by atoms with Crippen molar-refractivity contribution in [3.8, 4) is 0 Å². The van der Waals surface area contributed by atoms with Crippen molar-refractivity contribution in [2.45, 2.75) is 84.3 Å². The molecule has 2 aliphatic carbocycles. The zero-order valence-electron chi connectivity index (χ0n) is 26.2. The molecule has 2 aromatic carbocycles. The first-order valence-electron chi connectivity index (χ1n) is 15.2. The van der Waals surface area contributed by atoms with Gasteiger partial charge in [-0.05, 0) is 59.3 Å². The molecule has 5 rings (SSSR count). The Morgan fingerprint density at radius 1 is 1.09 bits per heavy atom. The van der Waals surface area contributed by atoms with E-state index in [9.17, 15) is 19.8 Å². The van der Waals surface area contributed by atoms with Crippen molar-refractivity contribution < 1.29 is 19.8 Å². The van der Waals surface area contributed by atoms with Gasteiger partial charge in [-0.3, -0.25) is 14.9 Å². The molecule has 1 fully saturated rings. The largest absolute Gasteiger partial charge is 0.396 e. The molecule has 0 saturated heterocycles. The van der Waals surface area contributed by atoms with Crippen molar-refractivity contribution >= 4 is 28.3 Å². The lowest BCUT2D eigenvalue weighted by Crippen LogP contribution is -2.57. The van der Waals surface area contributed by atoms with Gasteiger partial charge in [0.05, 0.1) is 18.4 Å². The summed E-state index contributed by atoms with van der Waals surface area (Å²) < 4.78 is 0. The third kappa shape index (κ3) is 6.02. The number of amides is 2. The Morgan fingerprint density at radius 2 is 1.77 bits per heavy atom. The quantitative estimate of drug-likeness (QED) is 0.300. The molecule has 230 valence electrons. The summed E-state index contributed by atoms with van der Waals surface area (Å²) in [5.41, 5.74) is 2.58. The van der Waals surface area contributed by atoms with E-state index in [0.717, 1.165) is 28.1 Å². The van der Waals surface area contributed by atoms with Crippen LogP contribution in [0, 0.1) is 16.7 Å². The number of nitrogens with one attached hydrogen (secondary N) is 1. The second-order valence-corrected chi connectivity index (χ2v) is 15.2. The molecule has 0 aliphatic heterocycles. The summed E-state index contributed by atoms with van der Waals surface area (Å²) in [6.45, 7) is 11.0. The number of rotatable bonds is 7. The first kappa shape index (κ1) is 31.4. The van der Waals surface area contributed by atoms with Crippen LogP contribution in [-0.4, -0.2) is 51.7 Å². The number of carbonyl (C=O) groups excluding carboxylic acids is 2. The standard InChI is InChI=1S/C35H45N3O4S/c1-33(2,3)24-14-12-23(13-15-24)31(42)37-32-36-30-25(18-29(41)38(6)20-22-10-8-7-9-11-22)34(4)17-16-28(40)35(5,21-39)27(34)19-26(30)43-32/h7-15,25,27-28,39-40H,16-21H2,1-6H3,(H,36,37,42). The Kier molecular flexibility index (Phi) is 8.60. The van der Waals surface area contributed by atoms with Crippen LogP contribution in [0.5, 0.6) is 0 Å². The van der Waals surface area contributed by atoms with Gasteiger partial charge in [-0.2, -0.15) is 0 Å². The van der Waals surface area contributed by atoms with Gasteiger partial charge in [0, 0.05) is 41.8 Å². The lowest BCUT2D eigenvalue weighted by atomic mass is 9.47. The Balaban J connectivity index is 1.45. The smallest absolute Gasteiger partial charge is 0.257 e. The minimum absolute atomic E-state index is 0.00544. The van der Waals surface area contributed by atoms with Gasteiger partial charge in [0.15, 0.2) is 5.13 Å². The molecular formula is C35H45N3O4S. The van der Waals surface area contributed by atoms with E-state index in [0.29, 0.717) is 30.1 Å². The molecule has 43 heavy (non-hydrogen) atoms. The Hall–Kier alpha value is -3.07. The molecule has 0 radical (unpaired) electrons. The molecule has 5 unspecified atom stereocenters. The molecule has 5 atom stereocenters. The zero-order valence-corrected chi connectivity index (χ0v) is 27.0. The second-order valence-electron chi connectivity index (χ2n) is 14.1. The van der Waals surface area contributed by atoms with Crippen molar-refractivity contribution in [1.29, 1.82) is 0 Å². The van der Waals surface area contributed by atoms with E-state index in [1.165, 1.54) is 11.3 Å². The lowest BCUT2D eigenvalue weighted by molar-refractivity contribution is -0.147. The van der Waals surface area contributed by atoms with Crippen LogP contribution in [0.25, 0.3) is 0 Å². The fraction of sp³-hybridized carbons (Fsp3) is 0.514. The number of thiazole rings is 1. The van der Waals surface area contributed by atoms with Crippen molar-refractivity contribution in [2.24, 2.45) is 16.7 Å². The molecule has 3 aromatic rings. The summed E-state index contributed by atoms with van der Waals surface area (Å²) in [5.74, 6) is -0.456. The Bertz CT molecular complexity index is 1460. The lowest BCUT2D eigenvalue weighted by Gasteiger charge is -2.58. The van der Waals surface area contributed by atoms with E-state index in [1.54, 1.807) is 4.90 Å². The SMILES string of the molecule is CN(Cc1ccccc1)C(=O)CC1c2nc(NC(=O)c3ccc(C(C)(C)C)cc3)sc2CC2C(C)(CO)C(O)CCC12C. The van der Waals surface area contributed by atoms with Gasteiger partial charge in [-0.1, -0.05) is 77.1 Å². The minimum atomic E-state index is -0.704. The fourth-order valence-corrected chi connectivity index (χ4v) is 8.33. The van der Waals surface area contributed by atoms with Crippen LogP contribution in [0.2, 0.25) is 0 Å². The van der Waals surface area contributed by atoms with E-state index in [-0.39, 0.29) is 47.5 Å². The van der Waals surface area contributed by atoms with E-state index < -0.39 is 11.5 Å². The number of aliphatic hydroxyl groups excluding tert-OH is 2. The number of aromatic nitrogens is 1. The van der Waals surface area contributed by atoms with Gasteiger partial charge in [0.2, 0.25) is 5.91 Å². The molecule has 7 nitrogen and oxygen atoms in total. The van der Waals surface area contributed by atoms with E-state index in [4.69, 9.17) is 4.98 Å². The van der Waals surface area contributed by atoms with E-state index in [2.05, 4.69) is 33.0 Å². The normalized spacial score (nSPS) is 26.7. The number of fused-ring (bicyclic) bond motifs is 2. The van der Waals surface area contributed by atoms with Crippen molar-refractivity contribution in [2.75, 3.05) is 19.0 Å². The third-order valence-electron chi connectivity index (χ3n) is 10.2. The van der Waals surface area contributed by atoms with Crippen LogP contribution in [0.15, 0.2) is 54.6 Å². The van der Waals surface area contributed by atoms with E-state index >= 15 is 0 Å². The van der Waals surface area contributed by atoms with Gasteiger partial charge in [0.1, 0.15) is 0 Å². The van der Waals surface area contributed by atoms with Gasteiger partial charge in [-0.15, -0.1) is 11.3 Å². The number of hydrogen-bond acceptors (Lipinski definition) is 6. The van der Waals surface area contributed by atoms with Crippen LogP contribution in [0.4, 0.5) is 5.13 Å². The highest BCUT2D eigenvalue weighted by Crippen LogP contribution is 2.63. The monoisotopic (exact) mass is 603 g/mol. The van der Waals surface area contributed by atoms with Gasteiger partial charge >= 0.3 is 0 Å². The molecule has 0 spiro atoms. The average Bonchev–Trinajstić information content (AvgIpc) is 3.38. The maximum Gasteiger partial charge on any atom is 0.257 e. The zero-order chi connectivity index (χ0) is 31.2. The topological polar surface area (TPSA) is 103 Å². The predicted octanol–water partition coefficient (Wildman–Crippen LogP) is 6.16. The number of anilines is 1. The number of hydrogen-bond donors (Lipinski definition) is 3. The molecule has 0 bridgehead atoms. The highest BCUT2D eigenvalue weighted by atomic mass is 32.1. The molecule has 1 saturated carbocycles. The molecule has 2 amide bonds. The molecule has 1 aromatic heterocycles. The maximum atomic E-state index is 13.7.